The van der Waals surface area contributed by atoms with Gasteiger partial charge in [0.15, 0.2) is 11.6 Å². The quantitative estimate of drug-likeness (QED) is 0.332. The lowest BCUT2D eigenvalue weighted by Crippen LogP contribution is -2.13. The van der Waals surface area contributed by atoms with Crippen LogP contribution in [0, 0.1) is 17.5 Å². The molecule has 31 heavy (non-hydrogen) atoms. The van der Waals surface area contributed by atoms with E-state index >= 15 is 0 Å². The first-order valence-corrected chi connectivity index (χ1v) is 11.7. The molecule has 0 N–H and O–H groups in total. The molecule has 1 fully saturated rings. The third-order valence-electron chi connectivity index (χ3n) is 6.93. The fraction of sp³-hybridized carbons (Fsp3) is 0.429. The number of fused-ring (bicyclic) bond motifs is 1. The number of benzene rings is 3. The van der Waals surface area contributed by atoms with E-state index in [2.05, 4.69) is 13.0 Å². The van der Waals surface area contributed by atoms with Crippen molar-refractivity contribution in [1.29, 1.82) is 0 Å². The van der Waals surface area contributed by atoms with Gasteiger partial charge in [-0.15, -0.1) is 0 Å². The molecule has 0 spiro atoms. The number of aryl methyl sites for hydroxylation is 1. The zero-order valence-electron chi connectivity index (χ0n) is 18.3. The predicted octanol–water partition coefficient (Wildman–Crippen LogP) is 8.82. The lowest BCUT2D eigenvalue weighted by atomic mass is 9.75. The minimum absolute atomic E-state index is 0.0559. The van der Waals surface area contributed by atoms with E-state index in [1.165, 1.54) is 37.0 Å². The molecular formula is C28H31F3. The normalized spacial score (nSPS) is 19.1. The van der Waals surface area contributed by atoms with Crippen LogP contribution >= 0.6 is 0 Å². The van der Waals surface area contributed by atoms with Crippen LogP contribution in [-0.4, -0.2) is 0 Å². The van der Waals surface area contributed by atoms with Crippen LogP contribution in [0.2, 0.25) is 0 Å². The Morgan fingerprint density at radius 3 is 2.10 bits per heavy atom. The number of hydrogen-bond acceptors (Lipinski definition) is 0. The molecule has 0 amide bonds. The first-order valence-electron chi connectivity index (χ1n) is 11.7. The summed E-state index contributed by atoms with van der Waals surface area (Å²) in [5.41, 5.74) is 3.12. The second-order valence-electron chi connectivity index (χ2n) is 9.09. The molecule has 0 aliphatic heterocycles. The molecule has 0 nitrogen and oxygen atoms in total. The largest absolute Gasteiger partial charge is 0.207 e. The molecule has 0 bridgehead atoms. The maximum absolute atomic E-state index is 14.8. The molecule has 0 heterocycles. The summed E-state index contributed by atoms with van der Waals surface area (Å²) in [5, 5.41) is 1.45. The van der Waals surface area contributed by atoms with E-state index in [-0.39, 0.29) is 11.7 Å². The van der Waals surface area contributed by atoms with Crippen LogP contribution in [0.1, 0.15) is 86.8 Å². The molecular weight excluding hydrogens is 393 g/mol. The van der Waals surface area contributed by atoms with E-state index in [1.807, 2.05) is 24.3 Å². The van der Waals surface area contributed by atoms with Crippen molar-refractivity contribution in [3.05, 3.63) is 82.7 Å². The number of rotatable bonds is 7. The molecule has 1 aliphatic rings. The van der Waals surface area contributed by atoms with Gasteiger partial charge in [0.25, 0.3) is 0 Å². The van der Waals surface area contributed by atoms with Crippen molar-refractivity contribution < 1.29 is 13.2 Å². The van der Waals surface area contributed by atoms with Crippen LogP contribution in [-0.2, 0) is 6.42 Å². The highest BCUT2D eigenvalue weighted by Gasteiger charge is 2.25. The second kappa shape index (κ2) is 9.89. The first-order chi connectivity index (χ1) is 15.0. The summed E-state index contributed by atoms with van der Waals surface area (Å²) in [6.07, 6.45) is 9.62. The average Bonchev–Trinajstić information content (AvgIpc) is 2.77. The molecule has 0 unspecified atom stereocenters. The molecule has 0 saturated heterocycles. The lowest BCUT2D eigenvalue weighted by molar-refractivity contribution is 0.387. The summed E-state index contributed by atoms with van der Waals surface area (Å²) >= 11 is 0. The fourth-order valence-corrected chi connectivity index (χ4v) is 5.07. The Bertz CT molecular complexity index is 1030. The summed E-state index contributed by atoms with van der Waals surface area (Å²) in [7, 11) is 0. The van der Waals surface area contributed by atoms with E-state index in [4.69, 9.17) is 0 Å². The Hall–Kier alpha value is -2.29. The highest BCUT2D eigenvalue weighted by atomic mass is 19.2. The van der Waals surface area contributed by atoms with Gasteiger partial charge >= 0.3 is 0 Å². The van der Waals surface area contributed by atoms with E-state index in [1.54, 1.807) is 6.07 Å². The maximum Gasteiger partial charge on any atom is 0.159 e. The highest BCUT2D eigenvalue weighted by molar-refractivity contribution is 5.83. The summed E-state index contributed by atoms with van der Waals surface area (Å²) < 4.78 is 41.9. The van der Waals surface area contributed by atoms with Gasteiger partial charge in [-0.3, -0.25) is 0 Å². The summed E-state index contributed by atoms with van der Waals surface area (Å²) in [5.74, 6) is -1.03. The Morgan fingerprint density at radius 2 is 1.39 bits per heavy atom. The van der Waals surface area contributed by atoms with Gasteiger partial charge in [0.2, 0.25) is 0 Å². The SMILES string of the molecule is CCCCCCc1ccc(C2CCC(c3ccc4cc(F)c(F)cc4c3)CC2)c(F)c1. The summed E-state index contributed by atoms with van der Waals surface area (Å²) in [4.78, 5) is 0. The van der Waals surface area contributed by atoms with Crippen LogP contribution in [0.5, 0.6) is 0 Å². The average molecular weight is 425 g/mol. The van der Waals surface area contributed by atoms with Crippen molar-refractivity contribution in [2.75, 3.05) is 0 Å². The van der Waals surface area contributed by atoms with Crippen molar-refractivity contribution in [2.24, 2.45) is 0 Å². The molecule has 3 aromatic rings. The van der Waals surface area contributed by atoms with E-state index in [0.717, 1.165) is 55.0 Å². The maximum atomic E-state index is 14.8. The Labute approximate surface area is 183 Å². The second-order valence-corrected chi connectivity index (χ2v) is 9.09. The Kier molecular flexibility index (Phi) is 6.99. The predicted molar refractivity (Wildman–Crippen MR) is 122 cm³/mol. The highest BCUT2D eigenvalue weighted by Crippen LogP contribution is 2.42. The fourth-order valence-electron chi connectivity index (χ4n) is 5.07. The molecule has 1 saturated carbocycles. The van der Waals surface area contributed by atoms with Crippen LogP contribution in [0.25, 0.3) is 10.8 Å². The van der Waals surface area contributed by atoms with Crippen LogP contribution in [0.3, 0.4) is 0 Å². The van der Waals surface area contributed by atoms with Gasteiger partial charge in [-0.05, 0) is 96.0 Å². The van der Waals surface area contributed by atoms with Crippen LogP contribution in [0.15, 0.2) is 48.5 Å². The van der Waals surface area contributed by atoms with Gasteiger partial charge in [-0.1, -0.05) is 56.5 Å². The van der Waals surface area contributed by atoms with Crippen molar-refractivity contribution in [2.45, 2.75) is 76.5 Å². The number of halogens is 3. The van der Waals surface area contributed by atoms with Crippen LogP contribution in [0.4, 0.5) is 13.2 Å². The van der Waals surface area contributed by atoms with E-state index < -0.39 is 11.6 Å². The lowest BCUT2D eigenvalue weighted by Gasteiger charge is -2.29. The minimum Gasteiger partial charge on any atom is -0.207 e. The van der Waals surface area contributed by atoms with Crippen molar-refractivity contribution >= 4 is 10.8 Å². The van der Waals surface area contributed by atoms with Crippen molar-refractivity contribution in [1.82, 2.24) is 0 Å². The zero-order valence-corrected chi connectivity index (χ0v) is 18.3. The van der Waals surface area contributed by atoms with Gasteiger partial charge in [0.05, 0.1) is 0 Å². The molecule has 164 valence electrons. The van der Waals surface area contributed by atoms with E-state index in [0.29, 0.717) is 11.3 Å². The van der Waals surface area contributed by atoms with Gasteiger partial charge in [0, 0.05) is 0 Å². The van der Waals surface area contributed by atoms with Crippen molar-refractivity contribution in [3.63, 3.8) is 0 Å². The molecule has 3 aromatic carbocycles. The molecule has 0 aromatic heterocycles. The monoisotopic (exact) mass is 424 g/mol. The summed E-state index contributed by atoms with van der Waals surface area (Å²) in [6, 6.07) is 14.3. The van der Waals surface area contributed by atoms with Gasteiger partial charge < -0.3 is 0 Å². The molecule has 0 atom stereocenters. The number of unbranched alkanes of at least 4 members (excludes halogenated alkanes) is 3. The van der Waals surface area contributed by atoms with Gasteiger partial charge in [-0.25, -0.2) is 13.2 Å². The molecule has 4 rings (SSSR count). The third-order valence-corrected chi connectivity index (χ3v) is 6.93. The number of hydrogen-bond donors (Lipinski definition) is 0. The first kappa shape index (κ1) is 21.9. The molecule has 3 heteroatoms. The third kappa shape index (κ3) is 5.14. The van der Waals surface area contributed by atoms with Gasteiger partial charge in [-0.2, -0.15) is 0 Å². The van der Waals surface area contributed by atoms with E-state index in [9.17, 15) is 13.2 Å². The summed E-state index contributed by atoms with van der Waals surface area (Å²) in [6.45, 7) is 2.20. The standard InChI is InChI=1S/C28H31F3/c1-2-3-4-5-6-19-7-14-25(26(29)15-19)21-10-8-20(9-11-21)22-12-13-23-17-27(30)28(31)18-24(23)16-22/h7,12-18,20-21H,2-6,8-11H2,1H3. The molecule has 0 radical (unpaired) electrons. The zero-order chi connectivity index (χ0) is 21.8. The van der Waals surface area contributed by atoms with Crippen molar-refractivity contribution in [3.8, 4) is 0 Å². The smallest absolute Gasteiger partial charge is 0.159 e. The minimum atomic E-state index is -0.810. The molecule has 1 aliphatic carbocycles. The Morgan fingerprint density at radius 1 is 0.677 bits per heavy atom. The Balaban J connectivity index is 1.39. The van der Waals surface area contributed by atoms with Gasteiger partial charge in [0.1, 0.15) is 5.82 Å². The van der Waals surface area contributed by atoms with Crippen LogP contribution < -0.4 is 0 Å². The topological polar surface area (TPSA) is 0 Å².